The number of fused-ring (bicyclic) bond motifs is 1. The highest BCUT2D eigenvalue weighted by Gasteiger charge is 2.35. The van der Waals surface area contributed by atoms with Crippen LogP contribution in [0.4, 0.5) is 18.9 Å². The molecule has 0 spiro atoms. The summed E-state index contributed by atoms with van der Waals surface area (Å²) < 4.78 is 39.1. The SMILES string of the molecule is O=C1/C(=N\OCc2ccc(Cl)cc2)c2ccccc2N1Cc1cccc(C(F)(F)F)c1. The van der Waals surface area contributed by atoms with Crippen molar-refractivity contribution in [2.24, 2.45) is 5.16 Å². The van der Waals surface area contributed by atoms with Gasteiger partial charge in [-0.05, 0) is 41.5 Å². The fraction of sp³-hybridized carbons (Fsp3) is 0.130. The van der Waals surface area contributed by atoms with Crippen molar-refractivity contribution in [3.63, 3.8) is 0 Å². The standard InChI is InChI=1S/C23H16ClF3N2O2/c24-18-10-8-15(9-11-18)14-31-28-21-19-6-1-2-7-20(19)29(22(21)30)13-16-4-3-5-17(12-16)23(25,26)27/h1-12H,13-14H2/b28-21-. The quantitative estimate of drug-likeness (QED) is 0.465. The molecule has 0 fully saturated rings. The van der Waals surface area contributed by atoms with E-state index in [0.717, 1.165) is 17.7 Å². The van der Waals surface area contributed by atoms with E-state index in [9.17, 15) is 18.0 Å². The molecule has 0 saturated heterocycles. The summed E-state index contributed by atoms with van der Waals surface area (Å²) in [5, 5.41) is 4.62. The van der Waals surface area contributed by atoms with E-state index in [1.165, 1.54) is 11.0 Å². The Morgan fingerprint density at radius 1 is 0.935 bits per heavy atom. The summed E-state index contributed by atoms with van der Waals surface area (Å²) >= 11 is 5.86. The molecule has 0 atom stereocenters. The van der Waals surface area contributed by atoms with E-state index in [2.05, 4.69) is 5.16 Å². The molecule has 3 aromatic rings. The fourth-order valence-corrected chi connectivity index (χ4v) is 3.41. The third-order valence-electron chi connectivity index (χ3n) is 4.79. The third kappa shape index (κ3) is 4.56. The lowest BCUT2D eigenvalue weighted by Crippen LogP contribution is -2.29. The lowest BCUT2D eigenvalue weighted by molar-refractivity contribution is -0.137. The second kappa shape index (κ2) is 8.43. The number of halogens is 4. The number of nitrogens with zero attached hydrogens (tertiary/aromatic N) is 2. The highest BCUT2D eigenvalue weighted by atomic mass is 35.5. The molecule has 1 aliphatic rings. The van der Waals surface area contributed by atoms with Gasteiger partial charge in [-0.25, -0.2) is 0 Å². The molecule has 31 heavy (non-hydrogen) atoms. The van der Waals surface area contributed by atoms with E-state index in [4.69, 9.17) is 16.4 Å². The maximum absolute atomic E-state index is 13.0. The Kier molecular flexibility index (Phi) is 5.69. The van der Waals surface area contributed by atoms with Crippen LogP contribution in [0, 0.1) is 0 Å². The Morgan fingerprint density at radius 2 is 1.68 bits per heavy atom. The van der Waals surface area contributed by atoms with Gasteiger partial charge in [-0.15, -0.1) is 0 Å². The number of hydrogen-bond acceptors (Lipinski definition) is 3. The lowest BCUT2D eigenvalue weighted by Gasteiger charge is -2.17. The number of carbonyl (C=O) groups excluding carboxylic acids is 1. The number of alkyl halides is 3. The lowest BCUT2D eigenvalue weighted by atomic mass is 10.1. The Hall–Kier alpha value is -3.32. The van der Waals surface area contributed by atoms with E-state index >= 15 is 0 Å². The highest BCUT2D eigenvalue weighted by molar-refractivity contribution is 6.54. The van der Waals surface area contributed by atoms with E-state index in [1.54, 1.807) is 54.6 Å². The van der Waals surface area contributed by atoms with Crippen LogP contribution in [0.25, 0.3) is 0 Å². The molecule has 0 saturated carbocycles. The Balaban J connectivity index is 1.57. The summed E-state index contributed by atoms with van der Waals surface area (Å²) in [6, 6.07) is 18.9. The predicted octanol–water partition coefficient (Wildman–Crippen LogP) is 5.83. The Morgan fingerprint density at radius 3 is 2.42 bits per heavy atom. The predicted molar refractivity (Wildman–Crippen MR) is 112 cm³/mol. The van der Waals surface area contributed by atoms with Crippen LogP contribution in [0.15, 0.2) is 78.0 Å². The first-order valence-electron chi connectivity index (χ1n) is 9.35. The second-order valence-corrected chi connectivity index (χ2v) is 7.38. The van der Waals surface area contributed by atoms with Crippen LogP contribution in [0.5, 0.6) is 0 Å². The number of hydrogen-bond donors (Lipinski definition) is 0. The van der Waals surface area contributed by atoms with Gasteiger partial charge < -0.3 is 9.74 Å². The van der Waals surface area contributed by atoms with Gasteiger partial charge >= 0.3 is 6.18 Å². The molecule has 1 amide bonds. The molecule has 0 aromatic heterocycles. The van der Waals surface area contributed by atoms with Crippen molar-refractivity contribution in [3.05, 3.63) is 100 Å². The molecular formula is C23H16ClF3N2O2. The Bertz CT molecular complexity index is 1140. The topological polar surface area (TPSA) is 41.9 Å². The first-order chi connectivity index (χ1) is 14.8. The smallest absolute Gasteiger partial charge is 0.390 e. The van der Waals surface area contributed by atoms with Gasteiger partial charge in [0, 0.05) is 10.6 Å². The van der Waals surface area contributed by atoms with Gasteiger partial charge in [0.2, 0.25) is 0 Å². The highest BCUT2D eigenvalue weighted by Crippen LogP contribution is 2.33. The van der Waals surface area contributed by atoms with Crippen molar-refractivity contribution >= 4 is 28.9 Å². The van der Waals surface area contributed by atoms with Gasteiger partial charge in [0.15, 0.2) is 5.71 Å². The summed E-state index contributed by atoms with van der Waals surface area (Å²) in [5.74, 6) is -0.435. The Labute approximate surface area is 181 Å². The molecular weight excluding hydrogens is 429 g/mol. The van der Waals surface area contributed by atoms with Crippen molar-refractivity contribution in [1.82, 2.24) is 0 Å². The van der Waals surface area contributed by atoms with Crippen LogP contribution in [-0.4, -0.2) is 11.6 Å². The van der Waals surface area contributed by atoms with Crippen LogP contribution in [0.3, 0.4) is 0 Å². The van der Waals surface area contributed by atoms with Crippen molar-refractivity contribution in [1.29, 1.82) is 0 Å². The summed E-state index contributed by atoms with van der Waals surface area (Å²) in [7, 11) is 0. The molecule has 0 radical (unpaired) electrons. The number of rotatable bonds is 5. The van der Waals surface area contributed by atoms with E-state index in [-0.39, 0.29) is 18.9 Å². The van der Waals surface area contributed by atoms with Crippen LogP contribution in [-0.2, 0) is 29.0 Å². The summed E-state index contributed by atoms with van der Waals surface area (Å²) in [4.78, 5) is 19.8. The third-order valence-corrected chi connectivity index (χ3v) is 5.04. The molecule has 0 bridgehead atoms. The van der Waals surface area contributed by atoms with Gasteiger partial charge in [0.1, 0.15) is 6.61 Å². The summed E-state index contributed by atoms with van der Waals surface area (Å²) in [6.07, 6.45) is -4.45. The second-order valence-electron chi connectivity index (χ2n) is 6.95. The minimum atomic E-state index is -4.45. The normalized spacial score (nSPS) is 14.8. The average Bonchev–Trinajstić information content (AvgIpc) is 3.01. The van der Waals surface area contributed by atoms with Crippen molar-refractivity contribution in [3.8, 4) is 0 Å². The molecule has 4 nitrogen and oxygen atoms in total. The molecule has 0 aliphatic carbocycles. The fourth-order valence-electron chi connectivity index (χ4n) is 3.29. The van der Waals surface area contributed by atoms with Gasteiger partial charge in [-0.3, -0.25) is 4.79 Å². The van der Waals surface area contributed by atoms with Crippen LogP contribution >= 0.6 is 11.6 Å². The molecule has 0 unspecified atom stereocenters. The van der Waals surface area contributed by atoms with Crippen molar-refractivity contribution in [2.45, 2.75) is 19.3 Å². The molecule has 1 aliphatic heterocycles. The van der Waals surface area contributed by atoms with Gasteiger partial charge in [0.25, 0.3) is 5.91 Å². The molecule has 0 N–H and O–H groups in total. The monoisotopic (exact) mass is 444 g/mol. The largest absolute Gasteiger partial charge is 0.416 e. The van der Waals surface area contributed by atoms with Gasteiger partial charge in [0.05, 0.1) is 17.8 Å². The van der Waals surface area contributed by atoms with Crippen LogP contribution in [0.2, 0.25) is 5.02 Å². The number of benzene rings is 3. The van der Waals surface area contributed by atoms with Gasteiger partial charge in [-0.2, -0.15) is 13.2 Å². The number of amides is 1. The molecule has 3 aromatic carbocycles. The average molecular weight is 445 g/mol. The first-order valence-corrected chi connectivity index (χ1v) is 9.72. The van der Waals surface area contributed by atoms with E-state index < -0.39 is 17.6 Å². The number of anilines is 1. The van der Waals surface area contributed by atoms with E-state index in [1.807, 2.05) is 0 Å². The molecule has 4 rings (SSSR count). The van der Waals surface area contributed by atoms with Crippen LogP contribution in [0.1, 0.15) is 22.3 Å². The molecule has 1 heterocycles. The zero-order valence-electron chi connectivity index (χ0n) is 16.1. The number of oxime groups is 1. The van der Waals surface area contributed by atoms with Gasteiger partial charge in [-0.1, -0.05) is 59.2 Å². The first kappa shape index (κ1) is 20.9. The van der Waals surface area contributed by atoms with Crippen LogP contribution < -0.4 is 4.90 Å². The summed E-state index contributed by atoms with van der Waals surface area (Å²) in [5.41, 5.74) is 1.67. The molecule has 8 heteroatoms. The van der Waals surface area contributed by atoms with Crippen molar-refractivity contribution in [2.75, 3.05) is 4.90 Å². The maximum Gasteiger partial charge on any atom is 0.416 e. The zero-order valence-corrected chi connectivity index (χ0v) is 16.8. The zero-order chi connectivity index (χ0) is 22.0. The summed E-state index contributed by atoms with van der Waals surface area (Å²) in [6.45, 7) is 0.125. The number of carbonyl (C=O) groups is 1. The molecule has 158 valence electrons. The minimum Gasteiger partial charge on any atom is -0.390 e. The van der Waals surface area contributed by atoms with E-state index in [0.29, 0.717) is 21.8 Å². The van der Waals surface area contributed by atoms with Crippen molar-refractivity contribution < 1.29 is 22.8 Å². The maximum atomic E-state index is 13.0. The number of para-hydroxylation sites is 1. The minimum absolute atomic E-state index is 0.0179.